The molecule has 38 heavy (non-hydrogen) atoms. The molecule has 3 aromatic rings. The Kier molecular flexibility index (Phi) is 10.8. The molecule has 0 spiro atoms. The minimum Gasteiger partial charge on any atom is -0.354 e. The van der Waals surface area contributed by atoms with Gasteiger partial charge in [-0.25, -0.2) is 4.39 Å². The van der Waals surface area contributed by atoms with Gasteiger partial charge in [-0.15, -0.1) is 11.8 Å². The third kappa shape index (κ3) is 8.99. The van der Waals surface area contributed by atoms with Crippen LogP contribution in [-0.2, 0) is 28.3 Å². The van der Waals surface area contributed by atoms with Gasteiger partial charge < -0.3 is 10.2 Å². The Hall–Kier alpha value is -3.72. The van der Waals surface area contributed by atoms with Crippen molar-refractivity contribution in [1.29, 1.82) is 0 Å². The van der Waals surface area contributed by atoms with E-state index < -0.39 is 11.0 Å². The standard InChI is InChI=1S/C29H32FN3O4S/c1-21(2)17-31-29(35)27(16-22-6-4-3-5-7-22)32(18-23-8-12-25(30)13-9-23)28(34)20-38-19-24-10-14-26(15-11-24)33(36)37/h3-15,21,27H,16-20H2,1-2H3,(H,31,35). The van der Waals surface area contributed by atoms with Crippen molar-refractivity contribution in [2.24, 2.45) is 5.92 Å². The lowest BCUT2D eigenvalue weighted by atomic mass is 10.0. The molecule has 7 nitrogen and oxygen atoms in total. The molecule has 0 saturated heterocycles. The summed E-state index contributed by atoms with van der Waals surface area (Å²) in [5.74, 6) is 0.00803. The highest BCUT2D eigenvalue weighted by molar-refractivity contribution is 7.99. The van der Waals surface area contributed by atoms with Crippen molar-refractivity contribution in [3.05, 3.63) is 111 Å². The highest BCUT2D eigenvalue weighted by Crippen LogP contribution is 2.20. The summed E-state index contributed by atoms with van der Waals surface area (Å²) in [6, 6.07) is 20.9. The van der Waals surface area contributed by atoms with Crippen molar-refractivity contribution in [3.63, 3.8) is 0 Å². The van der Waals surface area contributed by atoms with Gasteiger partial charge in [0.1, 0.15) is 11.9 Å². The number of nitrogens with zero attached hydrogens (tertiary/aromatic N) is 2. The van der Waals surface area contributed by atoms with Crippen LogP contribution in [0.5, 0.6) is 0 Å². The molecule has 0 fully saturated rings. The second-order valence-corrected chi connectivity index (χ2v) is 10.4. The molecule has 3 aromatic carbocycles. The molecule has 2 amide bonds. The summed E-state index contributed by atoms with van der Waals surface area (Å²) >= 11 is 1.37. The molecule has 0 saturated carbocycles. The first kappa shape index (κ1) is 28.8. The van der Waals surface area contributed by atoms with E-state index in [1.165, 1.54) is 36.0 Å². The van der Waals surface area contributed by atoms with Crippen LogP contribution in [-0.4, -0.2) is 40.0 Å². The molecule has 1 N–H and O–H groups in total. The van der Waals surface area contributed by atoms with Gasteiger partial charge in [-0.1, -0.05) is 68.4 Å². The average Bonchev–Trinajstić information content (AvgIpc) is 2.91. The average molecular weight is 538 g/mol. The fourth-order valence-electron chi connectivity index (χ4n) is 3.82. The van der Waals surface area contributed by atoms with Gasteiger partial charge in [-0.05, 0) is 34.7 Å². The number of nitro benzene ring substituents is 1. The van der Waals surface area contributed by atoms with Gasteiger partial charge in [-0.3, -0.25) is 19.7 Å². The molecule has 0 radical (unpaired) electrons. The lowest BCUT2D eigenvalue weighted by Crippen LogP contribution is -2.51. The van der Waals surface area contributed by atoms with Crippen LogP contribution in [0.4, 0.5) is 10.1 Å². The highest BCUT2D eigenvalue weighted by atomic mass is 32.2. The van der Waals surface area contributed by atoms with Crippen molar-refractivity contribution < 1.29 is 18.9 Å². The number of thioether (sulfide) groups is 1. The summed E-state index contributed by atoms with van der Waals surface area (Å²) in [6.07, 6.45) is 0.338. The molecule has 1 unspecified atom stereocenters. The maximum absolute atomic E-state index is 13.6. The Labute approximate surface area is 226 Å². The zero-order valence-corrected chi connectivity index (χ0v) is 22.3. The summed E-state index contributed by atoms with van der Waals surface area (Å²) in [5, 5.41) is 13.9. The number of carbonyl (C=O) groups excluding carboxylic acids is 2. The zero-order valence-electron chi connectivity index (χ0n) is 21.5. The van der Waals surface area contributed by atoms with E-state index in [4.69, 9.17) is 0 Å². The molecule has 0 aromatic heterocycles. The Morgan fingerprint density at radius 3 is 2.18 bits per heavy atom. The summed E-state index contributed by atoms with van der Waals surface area (Å²) in [4.78, 5) is 39.0. The van der Waals surface area contributed by atoms with Gasteiger partial charge in [-0.2, -0.15) is 0 Å². The number of halogens is 1. The van der Waals surface area contributed by atoms with E-state index in [0.29, 0.717) is 18.7 Å². The van der Waals surface area contributed by atoms with E-state index in [1.54, 1.807) is 29.2 Å². The van der Waals surface area contributed by atoms with E-state index in [2.05, 4.69) is 5.32 Å². The molecule has 200 valence electrons. The number of nitro groups is 1. The first-order chi connectivity index (χ1) is 18.2. The summed E-state index contributed by atoms with van der Waals surface area (Å²) in [7, 11) is 0. The van der Waals surface area contributed by atoms with Gasteiger partial charge in [0.15, 0.2) is 0 Å². The van der Waals surface area contributed by atoms with Gasteiger partial charge in [0.05, 0.1) is 10.7 Å². The van der Waals surface area contributed by atoms with Gasteiger partial charge >= 0.3 is 0 Å². The van der Waals surface area contributed by atoms with E-state index in [0.717, 1.165) is 16.7 Å². The Morgan fingerprint density at radius 2 is 1.58 bits per heavy atom. The third-order valence-corrected chi connectivity index (χ3v) is 6.85. The maximum Gasteiger partial charge on any atom is 0.269 e. The number of amides is 2. The van der Waals surface area contributed by atoms with Gasteiger partial charge in [0, 0.05) is 37.4 Å². The predicted molar refractivity (Wildman–Crippen MR) is 148 cm³/mol. The first-order valence-electron chi connectivity index (χ1n) is 12.4. The number of nitrogens with one attached hydrogen (secondary N) is 1. The molecule has 0 aliphatic carbocycles. The van der Waals surface area contributed by atoms with Crippen LogP contribution in [0.25, 0.3) is 0 Å². The topological polar surface area (TPSA) is 92.6 Å². The van der Waals surface area contributed by atoms with E-state index in [-0.39, 0.29) is 41.5 Å². The highest BCUT2D eigenvalue weighted by Gasteiger charge is 2.30. The second-order valence-electron chi connectivity index (χ2n) is 9.41. The lowest BCUT2D eigenvalue weighted by Gasteiger charge is -2.32. The minimum absolute atomic E-state index is 0.0106. The Morgan fingerprint density at radius 1 is 0.947 bits per heavy atom. The second kappa shape index (κ2) is 14.3. The van der Waals surface area contributed by atoms with Crippen molar-refractivity contribution in [3.8, 4) is 0 Å². The third-order valence-electron chi connectivity index (χ3n) is 5.86. The number of benzene rings is 3. The van der Waals surface area contributed by atoms with Crippen molar-refractivity contribution >= 4 is 29.3 Å². The predicted octanol–water partition coefficient (Wildman–Crippen LogP) is 5.38. The molecule has 3 rings (SSSR count). The fourth-order valence-corrected chi connectivity index (χ4v) is 4.69. The van der Waals surface area contributed by atoms with Crippen molar-refractivity contribution in [2.45, 2.75) is 38.6 Å². The number of hydrogen-bond acceptors (Lipinski definition) is 5. The van der Waals surface area contributed by atoms with Crippen LogP contribution < -0.4 is 5.32 Å². The fraction of sp³-hybridized carbons (Fsp3) is 0.310. The molecule has 9 heteroatoms. The summed E-state index contributed by atoms with van der Waals surface area (Å²) in [6.45, 7) is 4.65. The zero-order chi connectivity index (χ0) is 27.5. The van der Waals surface area contributed by atoms with Crippen LogP contribution in [0, 0.1) is 21.8 Å². The smallest absolute Gasteiger partial charge is 0.269 e. The molecule has 0 bridgehead atoms. The summed E-state index contributed by atoms with van der Waals surface area (Å²) < 4.78 is 13.5. The van der Waals surface area contributed by atoms with E-state index >= 15 is 0 Å². The largest absolute Gasteiger partial charge is 0.354 e. The Bertz CT molecular complexity index is 1200. The molecular formula is C29H32FN3O4S. The van der Waals surface area contributed by atoms with Crippen LogP contribution in [0.3, 0.4) is 0 Å². The van der Waals surface area contributed by atoms with Crippen molar-refractivity contribution in [2.75, 3.05) is 12.3 Å². The molecule has 0 heterocycles. The molecule has 0 aliphatic rings. The van der Waals surface area contributed by atoms with Crippen molar-refractivity contribution in [1.82, 2.24) is 10.2 Å². The van der Waals surface area contributed by atoms with E-state index in [1.807, 2.05) is 44.2 Å². The van der Waals surface area contributed by atoms with Gasteiger partial charge in [0.25, 0.3) is 5.69 Å². The quantitative estimate of drug-likeness (QED) is 0.233. The maximum atomic E-state index is 13.6. The lowest BCUT2D eigenvalue weighted by molar-refractivity contribution is -0.384. The molecule has 1 atom stereocenters. The number of hydrogen-bond donors (Lipinski definition) is 1. The summed E-state index contributed by atoms with van der Waals surface area (Å²) in [5.41, 5.74) is 2.51. The first-order valence-corrected chi connectivity index (χ1v) is 13.5. The monoisotopic (exact) mass is 537 g/mol. The number of non-ortho nitro benzene ring substituents is 1. The van der Waals surface area contributed by atoms with E-state index in [9.17, 15) is 24.1 Å². The minimum atomic E-state index is -0.756. The number of carbonyl (C=O) groups is 2. The SMILES string of the molecule is CC(C)CNC(=O)C(Cc1ccccc1)N(Cc1ccc(F)cc1)C(=O)CSCc1ccc([N+](=O)[O-])cc1. The van der Waals surface area contributed by atoms with Crippen LogP contribution >= 0.6 is 11.8 Å². The molecule has 0 aliphatic heterocycles. The van der Waals surface area contributed by atoms with Crippen LogP contribution in [0.1, 0.15) is 30.5 Å². The Balaban J connectivity index is 1.81. The molecular weight excluding hydrogens is 505 g/mol. The van der Waals surface area contributed by atoms with Gasteiger partial charge in [0.2, 0.25) is 11.8 Å². The normalized spacial score (nSPS) is 11.7. The number of rotatable bonds is 13. The van der Waals surface area contributed by atoms with Crippen LogP contribution in [0.15, 0.2) is 78.9 Å². The van der Waals surface area contributed by atoms with Crippen LogP contribution in [0.2, 0.25) is 0 Å².